The molecule has 0 aliphatic heterocycles. The van der Waals surface area contributed by atoms with Crippen molar-refractivity contribution < 1.29 is 4.39 Å². The van der Waals surface area contributed by atoms with E-state index >= 15 is 0 Å². The molecule has 0 aromatic heterocycles. The van der Waals surface area contributed by atoms with Crippen LogP contribution in [0.15, 0.2) is 24.3 Å². The Labute approximate surface area is 129 Å². The van der Waals surface area contributed by atoms with Crippen molar-refractivity contribution in [2.75, 3.05) is 6.54 Å². The zero-order chi connectivity index (χ0) is 15.7. The molecule has 1 aromatic rings. The van der Waals surface area contributed by atoms with Crippen LogP contribution in [0.3, 0.4) is 0 Å². The van der Waals surface area contributed by atoms with Gasteiger partial charge in [-0.15, -0.1) is 0 Å². The molecule has 1 N–H and O–H groups in total. The lowest BCUT2D eigenvalue weighted by Gasteiger charge is -2.57. The molecule has 2 heteroatoms. The first-order chi connectivity index (χ1) is 9.76. The normalized spacial score (nSPS) is 20.1. The topological polar surface area (TPSA) is 12.0 Å². The minimum absolute atomic E-state index is 0.0371. The monoisotopic (exact) mass is 291 g/mol. The zero-order valence-electron chi connectivity index (χ0n) is 14.2. The fourth-order valence-electron chi connectivity index (χ4n) is 3.87. The highest BCUT2D eigenvalue weighted by molar-refractivity contribution is 5.33. The van der Waals surface area contributed by atoms with Crippen molar-refractivity contribution in [2.45, 2.75) is 71.3 Å². The Bertz CT molecular complexity index is 475. The van der Waals surface area contributed by atoms with Crippen molar-refractivity contribution >= 4 is 0 Å². The van der Waals surface area contributed by atoms with Gasteiger partial charge in [-0.05, 0) is 50.7 Å². The molecule has 1 nitrogen and oxygen atoms in total. The largest absolute Gasteiger partial charge is 0.311 e. The van der Waals surface area contributed by atoms with Gasteiger partial charge in [0.1, 0.15) is 5.82 Å². The minimum Gasteiger partial charge on any atom is -0.311 e. The number of hydrogen-bond donors (Lipinski definition) is 1. The van der Waals surface area contributed by atoms with Crippen LogP contribution in [-0.4, -0.2) is 12.1 Å². The van der Waals surface area contributed by atoms with Crippen molar-refractivity contribution in [1.29, 1.82) is 0 Å². The lowest BCUT2D eigenvalue weighted by Crippen LogP contribution is -2.57. The van der Waals surface area contributed by atoms with Crippen LogP contribution in [0, 0.1) is 11.2 Å². The van der Waals surface area contributed by atoms with E-state index in [1.165, 1.54) is 12.8 Å². The fraction of sp³-hybridized carbons (Fsp3) is 0.684. The molecule has 21 heavy (non-hydrogen) atoms. The third-order valence-corrected chi connectivity index (χ3v) is 5.33. The molecule has 1 fully saturated rings. The van der Waals surface area contributed by atoms with Gasteiger partial charge in [0.15, 0.2) is 0 Å². The summed E-state index contributed by atoms with van der Waals surface area (Å²) in [6.45, 7) is 11.9. The van der Waals surface area contributed by atoms with Crippen LogP contribution in [-0.2, 0) is 5.41 Å². The van der Waals surface area contributed by atoms with E-state index in [4.69, 9.17) is 0 Å². The summed E-state index contributed by atoms with van der Waals surface area (Å²) in [5, 5.41) is 3.61. The molecule has 0 radical (unpaired) electrons. The highest BCUT2D eigenvalue weighted by Crippen LogP contribution is 2.59. The van der Waals surface area contributed by atoms with Crippen LogP contribution < -0.4 is 5.32 Å². The second-order valence-electron chi connectivity index (χ2n) is 7.92. The number of halogens is 1. The van der Waals surface area contributed by atoms with Crippen LogP contribution in [0.25, 0.3) is 0 Å². The van der Waals surface area contributed by atoms with Crippen molar-refractivity contribution in [1.82, 2.24) is 5.32 Å². The van der Waals surface area contributed by atoms with Gasteiger partial charge < -0.3 is 5.32 Å². The van der Waals surface area contributed by atoms with Crippen LogP contribution in [0.1, 0.15) is 65.9 Å². The molecule has 0 amide bonds. The van der Waals surface area contributed by atoms with Crippen LogP contribution >= 0.6 is 0 Å². The summed E-state index contributed by atoms with van der Waals surface area (Å²) < 4.78 is 14.4. The van der Waals surface area contributed by atoms with Gasteiger partial charge in [-0.1, -0.05) is 44.9 Å². The standard InChI is InChI=1S/C19H30FN/c1-6-18(7-2)12-19(13-18,14-21-17(3,4)5)15-10-8-9-11-16(15)20/h8-11,21H,6-7,12-14H2,1-5H3. The lowest BCUT2D eigenvalue weighted by molar-refractivity contribution is 0.00735. The number of rotatable bonds is 5. The van der Waals surface area contributed by atoms with Crippen LogP contribution in [0.4, 0.5) is 4.39 Å². The van der Waals surface area contributed by atoms with E-state index in [-0.39, 0.29) is 16.8 Å². The summed E-state index contributed by atoms with van der Waals surface area (Å²) in [5.74, 6) is -0.0472. The van der Waals surface area contributed by atoms with Gasteiger partial charge in [-0.25, -0.2) is 4.39 Å². The molecule has 0 bridgehead atoms. The molecule has 1 aliphatic rings. The maximum absolute atomic E-state index is 14.4. The highest BCUT2D eigenvalue weighted by Gasteiger charge is 2.54. The smallest absolute Gasteiger partial charge is 0.127 e. The van der Waals surface area contributed by atoms with Crippen molar-refractivity contribution in [3.8, 4) is 0 Å². The molecule has 0 unspecified atom stereocenters. The Hall–Kier alpha value is -0.890. The van der Waals surface area contributed by atoms with Crippen LogP contribution in [0.2, 0.25) is 0 Å². The Morgan fingerprint density at radius 3 is 2.14 bits per heavy atom. The number of benzene rings is 1. The zero-order valence-corrected chi connectivity index (χ0v) is 14.2. The van der Waals surface area contributed by atoms with Crippen molar-refractivity contribution in [3.05, 3.63) is 35.6 Å². The second-order valence-corrected chi connectivity index (χ2v) is 7.92. The average Bonchev–Trinajstić information content (AvgIpc) is 2.39. The Balaban J connectivity index is 2.27. The molecule has 118 valence electrons. The summed E-state index contributed by atoms with van der Waals surface area (Å²) in [7, 11) is 0. The van der Waals surface area contributed by atoms with E-state index in [0.717, 1.165) is 24.9 Å². The molecule has 0 spiro atoms. The molecule has 1 aliphatic carbocycles. The first-order valence-electron chi connectivity index (χ1n) is 8.26. The summed E-state index contributed by atoms with van der Waals surface area (Å²) in [4.78, 5) is 0. The number of hydrogen-bond acceptors (Lipinski definition) is 1. The average molecular weight is 291 g/mol. The molecule has 2 rings (SSSR count). The van der Waals surface area contributed by atoms with Gasteiger partial charge in [-0.2, -0.15) is 0 Å². The summed E-state index contributed by atoms with van der Waals surface area (Å²) in [5.41, 5.74) is 1.33. The Morgan fingerprint density at radius 1 is 1.10 bits per heavy atom. The van der Waals surface area contributed by atoms with Gasteiger partial charge in [0.05, 0.1) is 0 Å². The molecule has 1 saturated carbocycles. The van der Waals surface area contributed by atoms with Gasteiger partial charge >= 0.3 is 0 Å². The molecule has 0 saturated heterocycles. The molecule has 0 heterocycles. The van der Waals surface area contributed by atoms with E-state index in [0.29, 0.717) is 5.41 Å². The van der Waals surface area contributed by atoms with E-state index in [1.807, 2.05) is 12.1 Å². The Morgan fingerprint density at radius 2 is 1.67 bits per heavy atom. The van der Waals surface area contributed by atoms with Crippen LogP contribution in [0.5, 0.6) is 0 Å². The third-order valence-electron chi connectivity index (χ3n) is 5.33. The van der Waals surface area contributed by atoms with Gasteiger partial charge in [0, 0.05) is 17.5 Å². The fourth-order valence-corrected chi connectivity index (χ4v) is 3.87. The minimum atomic E-state index is -0.0472. The third kappa shape index (κ3) is 3.31. The molecular weight excluding hydrogens is 261 g/mol. The quantitative estimate of drug-likeness (QED) is 0.800. The SMILES string of the molecule is CCC1(CC)CC(CNC(C)(C)C)(c2ccccc2F)C1. The highest BCUT2D eigenvalue weighted by atomic mass is 19.1. The lowest BCUT2D eigenvalue weighted by atomic mass is 9.48. The van der Waals surface area contributed by atoms with Gasteiger partial charge in [-0.3, -0.25) is 0 Å². The predicted octanol–water partition coefficient (Wildman–Crippen LogP) is 5.05. The van der Waals surface area contributed by atoms with Gasteiger partial charge in [0.2, 0.25) is 0 Å². The van der Waals surface area contributed by atoms with E-state index in [9.17, 15) is 4.39 Å². The van der Waals surface area contributed by atoms with E-state index in [1.54, 1.807) is 12.1 Å². The molecular formula is C19H30FN. The van der Waals surface area contributed by atoms with E-state index in [2.05, 4.69) is 39.9 Å². The Kier molecular flexibility index (Phi) is 4.49. The van der Waals surface area contributed by atoms with Crippen molar-refractivity contribution in [2.24, 2.45) is 5.41 Å². The first-order valence-corrected chi connectivity index (χ1v) is 8.26. The predicted molar refractivity (Wildman–Crippen MR) is 88.1 cm³/mol. The summed E-state index contributed by atoms with van der Waals surface area (Å²) in [6.07, 6.45) is 4.57. The van der Waals surface area contributed by atoms with Crippen molar-refractivity contribution in [3.63, 3.8) is 0 Å². The second kappa shape index (κ2) is 5.72. The summed E-state index contributed by atoms with van der Waals surface area (Å²) in [6, 6.07) is 7.34. The first kappa shape index (κ1) is 16.5. The molecule has 0 atom stereocenters. The maximum atomic E-state index is 14.4. The summed E-state index contributed by atoms with van der Waals surface area (Å²) >= 11 is 0. The maximum Gasteiger partial charge on any atom is 0.127 e. The van der Waals surface area contributed by atoms with E-state index < -0.39 is 0 Å². The number of nitrogens with one attached hydrogen (secondary N) is 1. The van der Waals surface area contributed by atoms with Gasteiger partial charge in [0.25, 0.3) is 0 Å². The molecule has 1 aromatic carbocycles.